The Kier molecular flexibility index (Phi) is 12.4. The molecule has 1 N–H and O–H groups in total. The number of methoxy groups -OCH3 is 1. The molecule has 1 aromatic heterocycles. The quantitative estimate of drug-likeness (QED) is 0.176. The summed E-state index contributed by atoms with van der Waals surface area (Å²) in [5.74, 6) is -4.18. The summed E-state index contributed by atoms with van der Waals surface area (Å²) in [6.45, 7) is 1.76. The monoisotopic (exact) mass is 590 g/mol. The van der Waals surface area contributed by atoms with Gasteiger partial charge in [-0.1, -0.05) is 26.2 Å². The van der Waals surface area contributed by atoms with Gasteiger partial charge in [0.2, 0.25) is 0 Å². The molecule has 0 radical (unpaired) electrons. The number of hydrogen-bond donors (Lipinski definition) is 1. The van der Waals surface area contributed by atoms with Crippen LogP contribution in [0.4, 0.5) is 0 Å². The number of pyridine rings is 1. The van der Waals surface area contributed by atoms with E-state index >= 15 is 0 Å². The van der Waals surface area contributed by atoms with E-state index in [1.54, 1.807) is 11.0 Å². The summed E-state index contributed by atoms with van der Waals surface area (Å²) in [7, 11) is 1.24. The molecule has 14 nitrogen and oxygen atoms in total. The van der Waals surface area contributed by atoms with Crippen molar-refractivity contribution in [1.82, 2.24) is 19.8 Å². The second-order valence-electron chi connectivity index (χ2n) is 10.3. The average Bonchev–Trinajstić information content (AvgIpc) is 3.28. The van der Waals surface area contributed by atoms with Crippen molar-refractivity contribution in [2.75, 3.05) is 33.4 Å². The number of ether oxygens (including phenoxy) is 2. The minimum Gasteiger partial charge on any atom is -0.480 e. The molecule has 2 aliphatic rings. The molecule has 0 bridgehead atoms. The molecule has 1 aliphatic carbocycles. The van der Waals surface area contributed by atoms with Crippen LogP contribution in [-0.4, -0.2) is 106 Å². The van der Waals surface area contributed by atoms with Crippen molar-refractivity contribution < 1.29 is 48.2 Å². The fourth-order valence-electron chi connectivity index (χ4n) is 5.11. The summed E-state index contributed by atoms with van der Waals surface area (Å²) >= 11 is 0. The molecule has 2 fully saturated rings. The highest BCUT2D eigenvalue weighted by molar-refractivity contribution is 6.02. The van der Waals surface area contributed by atoms with E-state index in [1.807, 2.05) is 11.8 Å². The highest BCUT2D eigenvalue weighted by atomic mass is 16.7. The fraction of sp³-hybridized carbons (Fsp3) is 0.607. The summed E-state index contributed by atoms with van der Waals surface area (Å²) in [4.78, 5) is 85.4. The lowest BCUT2D eigenvalue weighted by Gasteiger charge is -2.44. The lowest BCUT2D eigenvalue weighted by Crippen LogP contribution is -2.56. The number of nitrogens with zero attached hydrogens (tertiary/aromatic N) is 4. The zero-order valence-corrected chi connectivity index (χ0v) is 24.0. The minimum absolute atomic E-state index is 0.0221. The maximum Gasteiger partial charge on any atom is 0.365 e. The van der Waals surface area contributed by atoms with Gasteiger partial charge in [-0.15, -0.1) is 5.06 Å². The first-order chi connectivity index (χ1) is 20.1. The standard InChI is InChI=1S/C28H38N4O10/c1-3-4-13-41-27(38)18-30(21-7-5-6-8-22(21)31(16-25(35)36)17-26(37)40-2)15-20-10-9-19(14-29-20)28(39)42-32-23(33)11-12-24(32)34/h9-10,14,21-22H,3-8,11-13,15-18H2,1-2H3,(H,35,36)/t21?,22-/m0/s1. The van der Waals surface area contributed by atoms with E-state index in [4.69, 9.17) is 14.3 Å². The average molecular weight is 591 g/mol. The van der Waals surface area contributed by atoms with Gasteiger partial charge in [-0.3, -0.25) is 38.8 Å². The third-order valence-electron chi connectivity index (χ3n) is 7.23. The largest absolute Gasteiger partial charge is 0.480 e. The number of hydrogen-bond acceptors (Lipinski definition) is 12. The highest BCUT2D eigenvalue weighted by Gasteiger charge is 2.37. The zero-order valence-electron chi connectivity index (χ0n) is 24.0. The molecular formula is C28H38N4O10. The normalized spacial score (nSPS) is 18.8. The Morgan fingerprint density at radius 1 is 0.976 bits per heavy atom. The van der Waals surface area contributed by atoms with Crippen LogP contribution in [0.25, 0.3) is 0 Å². The molecule has 1 saturated carbocycles. The van der Waals surface area contributed by atoms with Gasteiger partial charge in [-0.25, -0.2) is 4.79 Å². The van der Waals surface area contributed by atoms with E-state index in [0.29, 0.717) is 23.6 Å². The Labute approximate surface area is 243 Å². The number of carboxylic acids is 1. The summed E-state index contributed by atoms with van der Waals surface area (Å²) in [5, 5.41) is 10.0. The number of esters is 2. The van der Waals surface area contributed by atoms with Crippen molar-refractivity contribution in [2.24, 2.45) is 0 Å². The van der Waals surface area contributed by atoms with Gasteiger partial charge < -0.3 is 19.4 Å². The van der Waals surface area contributed by atoms with Gasteiger partial charge in [-0.2, -0.15) is 0 Å². The van der Waals surface area contributed by atoms with Crippen molar-refractivity contribution in [2.45, 2.75) is 76.9 Å². The first-order valence-corrected chi connectivity index (χ1v) is 14.1. The summed E-state index contributed by atoms with van der Waals surface area (Å²) < 4.78 is 10.2. The van der Waals surface area contributed by atoms with Crippen LogP contribution in [0.1, 0.15) is 74.3 Å². The SMILES string of the molecule is CCCCOC(=O)CN(Cc1ccc(C(=O)ON2C(=O)CCC2=O)cn1)C1CCCC[C@@H]1N(CC(=O)O)CC(=O)OC. The molecule has 3 rings (SSSR count). The Balaban J connectivity index is 1.81. The smallest absolute Gasteiger partial charge is 0.365 e. The van der Waals surface area contributed by atoms with E-state index in [1.165, 1.54) is 19.4 Å². The maximum absolute atomic E-state index is 12.8. The lowest BCUT2D eigenvalue weighted by atomic mass is 9.87. The predicted octanol–water partition coefficient (Wildman–Crippen LogP) is 1.32. The number of imide groups is 1. The van der Waals surface area contributed by atoms with Gasteiger partial charge in [0, 0.05) is 37.7 Å². The van der Waals surface area contributed by atoms with Gasteiger partial charge >= 0.3 is 23.9 Å². The molecule has 42 heavy (non-hydrogen) atoms. The molecule has 0 spiro atoms. The van der Waals surface area contributed by atoms with Crippen LogP contribution in [-0.2, 0) is 44.8 Å². The summed E-state index contributed by atoms with van der Waals surface area (Å²) in [6.07, 6.45) is 5.71. The third kappa shape index (κ3) is 9.31. The van der Waals surface area contributed by atoms with E-state index in [9.17, 15) is 33.9 Å². The van der Waals surface area contributed by atoms with Crippen LogP contribution in [0.2, 0.25) is 0 Å². The topological polar surface area (TPSA) is 173 Å². The molecule has 230 valence electrons. The zero-order chi connectivity index (χ0) is 30.6. The molecule has 1 unspecified atom stereocenters. The van der Waals surface area contributed by atoms with Crippen molar-refractivity contribution >= 4 is 35.7 Å². The molecule has 1 aliphatic heterocycles. The van der Waals surface area contributed by atoms with E-state index in [0.717, 1.165) is 25.7 Å². The van der Waals surface area contributed by atoms with Gasteiger partial charge in [-0.05, 0) is 31.4 Å². The Hall–Kier alpha value is -3.91. The Bertz CT molecular complexity index is 1130. The number of aromatic nitrogens is 1. The summed E-state index contributed by atoms with van der Waals surface area (Å²) in [6, 6.07) is 2.35. The van der Waals surface area contributed by atoms with Crippen molar-refractivity contribution in [3.8, 4) is 0 Å². The number of unbranched alkanes of at least 4 members (excludes halogenated alkanes) is 1. The highest BCUT2D eigenvalue weighted by Crippen LogP contribution is 2.29. The van der Waals surface area contributed by atoms with Crippen LogP contribution in [0.5, 0.6) is 0 Å². The second kappa shape index (κ2) is 15.9. The van der Waals surface area contributed by atoms with Gasteiger partial charge in [0.15, 0.2) is 0 Å². The van der Waals surface area contributed by atoms with Crippen LogP contribution in [0, 0.1) is 0 Å². The van der Waals surface area contributed by atoms with E-state index < -0.39 is 35.7 Å². The van der Waals surface area contributed by atoms with Gasteiger partial charge in [0.1, 0.15) is 0 Å². The third-order valence-corrected chi connectivity index (χ3v) is 7.23. The molecule has 2 atom stereocenters. The first-order valence-electron chi connectivity index (χ1n) is 14.1. The fourth-order valence-corrected chi connectivity index (χ4v) is 5.11. The van der Waals surface area contributed by atoms with Crippen molar-refractivity contribution in [3.63, 3.8) is 0 Å². The van der Waals surface area contributed by atoms with E-state index in [2.05, 4.69) is 4.98 Å². The molecule has 1 aromatic rings. The van der Waals surface area contributed by atoms with Crippen LogP contribution in [0.3, 0.4) is 0 Å². The Morgan fingerprint density at radius 2 is 1.62 bits per heavy atom. The predicted molar refractivity (Wildman–Crippen MR) is 144 cm³/mol. The molecular weight excluding hydrogens is 552 g/mol. The minimum atomic E-state index is -1.09. The number of aliphatic carboxylic acids is 1. The number of rotatable bonds is 15. The number of hydroxylamine groups is 2. The van der Waals surface area contributed by atoms with Gasteiger partial charge in [0.25, 0.3) is 11.8 Å². The van der Waals surface area contributed by atoms with Crippen molar-refractivity contribution in [3.05, 3.63) is 29.6 Å². The van der Waals surface area contributed by atoms with Crippen molar-refractivity contribution in [1.29, 1.82) is 0 Å². The van der Waals surface area contributed by atoms with Crippen LogP contribution in [0.15, 0.2) is 18.3 Å². The molecule has 0 aromatic carbocycles. The maximum atomic E-state index is 12.8. The van der Waals surface area contributed by atoms with Crippen LogP contribution >= 0.6 is 0 Å². The van der Waals surface area contributed by atoms with Gasteiger partial charge in [0.05, 0.1) is 44.6 Å². The second-order valence-corrected chi connectivity index (χ2v) is 10.3. The Morgan fingerprint density at radius 3 is 2.19 bits per heavy atom. The number of carboxylic acid groups (broad SMARTS) is 1. The molecule has 14 heteroatoms. The number of carbonyl (C=O) groups is 6. The molecule has 2 amide bonds. The number of carbonyl (C=O) groups excluding carboxylic acids is 5. The lowest BCUT2D eigenvalue weighted by molar-refractivity contribution is -0.172. The van der Waals surface area contributed by atoms with E-state index in [-0.39, 0.29) is 63.3 Å². The summed E-state index contributed by atoms with van der Waals surface area (Å²) in [5.41, 5.74) is 0.529. The molecule has 1 saturated heterocycles. The molecule has 2 heterocycles. The van der Waals surface area contributed by atoms with Crippen LogP contribution < -0.4 is 0 Å². The first kappa shape index (κ1) is 32.6. The number of amides is 2.